The van der Waals surface area contributed by atoms with Gasteiger partial charge in [-0.3, -0.25) is 9.79 Å². The number of carbonyl (C=O) groups excluding carboxylic acids is 1. The standard InChI is InChI=1S/C16H18N2O/c1-3-14-9-10-15(18-16(14)12(2)19)17-11-13-7-5-4-6-8-13/h4-10H,3,11H2,1-2H3,(H,17,18). The van der Waals surface area contributed by atoms with Crippen molar-refractivity contribution in [3.63, 3.8) is 0 Å². The molecule has 3 nitrogen and oxygen atoms in total. The molecule has 1 aromatic heterocycles. The minimum Gasteiger partial charge on any atom is -0.337 e. The second-order valence-corrected chi connectivity index (χ2v) is 4.46. The Morgan fingerprint density at radius 2 is 1.89 bits per heavy atom. The Hall–Kier alpha value is -2.16. The fourth-order valence-corrected chi connectivity index (χ4v) is 1.97. The molecule has 98 valence electrons. The molecule has 0 aliphatic rings. The molecule has 2 rings (SSSR count). The van der Waals surface area contributed by atoms with E-state index in [2.05, 4.69) is 9.98 Å². The van der Waals surface area contributed by atoms with Crippen molar-refractivity contribution in [2.45, 2.75) is 26.8 Å². The van der Waals surface area contributed by atoms with Gasteiger partial charge in [0.25, 0.3) is 0 Å². The van der Waals surface area contributed by atoms with Gasteiger partial charge in [0.1, 0.15) is 5.49 Å². The number of nitrogens with zero attached hydrogens (tertiary/aromatic N) is 1. The molecular weight excluding hydrogens is 236 g/mol. The normalized spacial score (nSPS) is 11.6. The van der Waals surface area contributed by atoms with Gasteiger partial charge in [-0.25, -0.2) is 0 Å². The molecule has 3 heteroatoms. The number of benzene rings is 1. The van der Waals surface area contributed by atoms with Gasteiger partial charge in [0.05, 0.1) is 12.2 Å². The monoisotopic (exact) mass is 254 g/mol. The predicted octanol–water partition coefficient (Wildman–Crippen LogP) is 2.88. The van der Waals surface area contributed by atoms with Crippen molar-refractivity contribution in [2.75, 3.05) is 0 Å². The van der Waals surface area contributed by atoms with Gasteiger partial charge in [0.15, 0.2) is 5.78 Å². The summed E-state index contributed by atoms with van der Waals surface area (Å²) in [7, 11) is 0. The third-order valence-electron chi connectivity index (χ3n) is 3.02. The lowest BCUT2D eigenvalue weighted by atomic mass is 10.1. The lowest BCUT2D eigenvalue weighted by molar-refractivity contribution is 0.101. The summed E-state index contributed by atoms with van der Waals surface area (Å²) in [6.45, 7) is 4.22. The molecule has 2 aromatic rings. The van der Waals surface area contributed by atoms with Crippen LogP contribution in [0.2, 0.25) is 0 Å². The summed E-state index contributed by atoms with van der Waals surface area (Å²) in [6.07, 6.45) is 0.838. The van der Waals surface area contributed by atoms with Crippen LogP contribution < -0.4 is 5.49 Å². The van der Waals surface area contributed by atoms with Crippen LogP contribution in [0.5, 0.6) is 0 Å². The molecular formula is C16H18N2O. The van der Waals surface area contributed by atoms with Crippen molar-refractivity contribution in [3.8, 4) is 0 Å². The molecule has 0 bridgehead atoms. The van der Waals surface area contributed by atoms with Gasteiger partial charge in [-0.1, -0.05) is 43.3 Å². The number of pyridine rings is 1. The van der Waals surface area contributed by atoms with Crippen LogP contribution >= 0.6 is 0 Å². The first-order valence-corrected chi connectivity index (χ1v) is 6.48. The van der Waals surface area contributed by atoms with Crippen LogP contribution in [0.25, 0.3) is 0 Å². The number of aromatic amines is 1. The van der Waals surface area contributed by atoms with Gasteiger partial charge in [0.2, 0.25) is 0 Å². The van der Waals surface area contributed by atoms with E-state index in [0.29, 0.717) is 12.2 Å². The van der Waals surface area contributed by atoms with E-state index in [1.165, 1.54) is 0 Å². The Labute approximate surface area is 113 Å². The zero-order chi connectivity index (χ0) is 13.7. The third-order valence-corrected chi connectivity index (χ3v) is 3.02. The van der Waals surface area contributed by atoms with E-state index in [4.69, 9.17) is 0 Å². The molecule has 0 amide bonds. The van der Waals surface area contributed by atoms with E-state index >= 15 is 0 Å². The van der Waals surface area contributed by atoms with Crippen molar-refractivity contribution in [2.24, 2.45) is 4.99 Å². The quantitative estimate of drug-likeness (QED) is 0.838. The van der Waals surface area contributed by atoms with Gasteiger partial charge in [0, 0.05) is 6.92 Å². The lowest BCUT2D eigenvalue weighted by Gasteiger charge is -2.04. The average Bonchev–Trinajstić information content (AvgIpc) is 2.46. The smallest absolute Gasteiger partial charge is 0.176 e. The van der Waals surface area contributed by atoms with Crippen LogP contribution in [0.15, 0.2) is 47.5 Å². The first-order valence-electron chi connectivity index (χ1n) is 6.48. The number of aryl methyl sites for hydroxylation is 1. The number of ketones is 1. The summed E-state index contributed by atoms with van der Waals surface area (Å²) >= 11 is 0. The van der Waals surface area contributed by atoms with Crippen LogP contribution in [0.3, 0.4) is 0 Å². The maximum absolute atomic E-state index is 11.6. The fourth-order valence-electron chi connectivity index (χ4n) is 1.97. The van der Waals surface area contributed by atoms with Crippen LogP contribution in [-0.4, -0.2) is 10.8 Å². The summed E-state index contributed by atoms with van der Waals surface area (Å²) in [5.41, 5.74) is 3.59. The molecule has 0 atom stereocenters. The van der Waals surface area contributed by atoms with Crippen molar-refractivity contribution in [1.29, 1.82) is 0 Å². The average molecular weight is 254 g/mol. The van der Waals surface area contributed by atoms with Gasteiger partial charge in [-0.05, 0) is 23.6 Å². The van der Waals surface area contributed by atoms with Crippen molar-refractivity contribution < 1.29 is 4.79 Å². The number of H-pyrrole nitrogens is 1. The van der Waals surface area contributed by atoms with Gasteiger partial charge in [-0.2, -0.15) is 0 Å². The van der Waals surface area contributed by atoms with E-state index in [0.717, 1.165) is 23.0 Å². The Kier molecular flexibility index (Phi) is 4.29. The topological polar surface area (TPSA) is 45.2 Å². The van der Waals surface area contributed by atoms with E-state index in [9.17, 15) is 4.79 Å². The number of nitrogens with one attached hydrogen (secondary N) is 1. The molecule has 1 aromatic carbocycles. The van der Waals surface area contributed by atoms with E-state index in [-0.39, 0.29) is 5.78 Å². The number of aromatic nitrogens is 1. The third kappa shape index (κ3) is 3.41. The second kappa shape index (κ2) is 6.14. The Morgan fingerprint density at radius 3 is 2.53 bits per heavy atom. The van der Waals surface area contributed by atoms with Crippen molar-refractivity contribution in [3.05, 3.63) is 64.8 Å². The minimum atomic E-state index is 0.0496. The number of hydrogen-bond donors (Lipinski definition) is 1. The summed E-state index contributed by atoms with van der Waals surface area (Å²) in [5, 5.41) is 0. The van der Waals surface area contributed by atoms with Crippen molar-refractivity contribution >= 4 is 5.78 Å². The van der Waals surface area contributed by atoms with Crippen LogP contribution in [0.1, 0.15) is 35.5 Å². The second-order valence-electron chi connectivity index (χ2n) is 4.46. The highest BCUT2D eigenvalue weighted by atomic mass is 16.1. The highest BCUT2D eigenvalue weighted by Crippen LogP contribution is 2.05. The van der Waals surface area contributed by atoms with Gasteiger partial charge < -0.3 is 4.98 Å². The molecule has 0 aliphatic carbocycles. The van der Waals surface area contributed by atoms with Crippen molar-refractivity contribution in [1.82, 2.24) is 4.98 Å². The molecule has 1 N–H and O–H groups in total. The first kappa shape index (κ1) is 13.3. The van der Waals surface area contributed by atoms with E-state index in [1.54, 1.807) is 6.92 Å². The highest BCUT2D eigenvalue weighted by Gasteiger charge is 2.05. The van der Waals surface area contributed by atoms with Gasteiger partial charge >= 0.3 is 0 Å². The summed E-state index contributed by atoms with van der Waals surface area (Å²) in [5.74, 6) is 0.0496. The number of carbonyl (C=O) groups is 1. The van der Waals surface area contributed by atoms with Gasteiger partial charge in [-0.15, -0.1) is 0 Å². The van der Waals surface area contributed by atoms with Crippen LogP contribution in [-0.2, 0) is 13.0 Å². The number of rotatable bonds is 4. The molecule has 0 unspecified atom stereocenters. The Balaban J connectivity index is 2.30. The largest absolute Gasteiger partial charge is 0.337 e. The summed E-state index contributed by atoms with van der Waals surface area (Å²) < 4.78 is 0. The molecule has 19 heavy (non-hydrogen) atoms. The van der Waals surface area contributed by atoms with E-state index < -0.39 is 0 Å². The maximum Gasteiger partial charge on any atom is 0.176 e. The minimum absolute atomic E-state index is 0.0496. The SMILES string of the molecule is CCc1ccc(=NCc2ccccc2)[nH]c1C(C)=O. The Bertz CT molecular complexity index is 627. The first-order chi connectivity index (χ1) is 9.20. The molecule has 0 saturated heterocycles. The highest BCUT2D eigenvalue weighted by molar-refractivity contribution is 5.93. The van der Waals surface area contributed by atoms with Crippen LogP contribution in [0, 0.1) is 0 Å². The number of hydrogen-bond acceptors (Lipinski definition) is 2. The maximum atomic E-state index is 11.6. The molecule has 0 aliphatic heterocycles. The summed E-state index contributed by atoms with van der Waals surface area (Å²) in [4.78, 5) is 19.2. The van der Waals surface area contributed by atoms with E-state index in [1.807, 2.05) is 49.4 Å². The Morgan fingerprint density at radius 1 is 1.16 bits per heavy atom. The summed E-state index contributed by atoms with van der Waals surface area (Å²) in [6, 6.07) is 13.9. The lowest BCUT2D eigenvalue weighted by Crippen LogP contribution is -2.15. The molecule has 0 saturated carbocycles. The zero-order valence-electron chi connectivity index (χ0n) is 11.3. The molecule has 0 radical (unpaired) electrons. The number of Topliss-reactive ketones (excluding diaryl/α,β-unsaturated/α-hetero) is 1. The molecule has 0 fully saturated rings. The molecule has 0 spiro atoms. The predicted molar refractivity (Wildman–Crippen MR) is 75.9 cm³/mol. The van der Waals surface area contributed by atoms with Crippen LogP contribution in [0.4, 0.5) is 0 Å². The molecule has 1 heterocycles. The fraction of sp³-hybridized carbons (Fsp3) is 0.250. The zero-order valence-corrected chi connectivity index (χ0v) is 11.3.